The zero-order valence-electron chi connectivity index (χ0n) is 10.0. The van der Waals surface area contributed by atoms with Crippen LogP contribution in [0.15, 0.2) is 48.5 Å². The summed E-state index contributed by atoms with van der Waals surface area (Å²) in [7, 11) is 0. The van der Waals surface area contributed by atoms with Gasteiger partial charge in [-0.15, -0.1) is 0 Å². The molecular formula is C16H16O. The summed E-state index contributed by atoms with van der Waals surface area (Å²) in [4.78, 5) is 0. The van der Waals surface area contributed by atoms with Crippen LogP contribution in [0.1, 0.15) is 24.0 Å². The fraction of sp³-hybridized carbons (Fsp3) is 0.250. The van der Waals surface area contributed by atoms with Crippen molar-refractivity contribution >= 4 is 0 Å². The highest BCUT2D eigenvalue weighted by molar-refractivity contribution is 5.78. The van der Waals surface area contributed by atoms with E-state index < -0.39 is 0 Å². The Bertz CT molecular complexity index is 485. The first kappa shape index (κ1) is 10.5. The van der Waals surface area contributed by atoms with Crippen molar-refractivity contribution in [1.29, 1.82) is 0 Å². The van der Waals surface area contributed by atoms with Crippen LogP contribution in [-0.4, -0.2) is 13.2 Å². The van der Waals surface area contributed by atoms with Crippen LogP contribution in [-0.2, 0) is 4.74 Å². The van der Waals surface area contributed by atoms with E-state index in [1.807, 2.05) is 6.92 Å². The minimum absolute atomic E-state index is 0.405. The van der Waals surface area contributed by atoms with Crippen LogP contribution >= 0.6 is 0 Å². The molecule has 2 aromatic carbocycles. The van der Waals surface area contributed by atoms with Crippen LogP contribution < -0.4 is 0 Å². The van der Waals surface area contributed by atoms with Crippen molar-refractivity contribution in [3.05, 3.63) is 59.7 Å². The van der Waals surface area contributed by atoms with E-state index in [0.29, 0.717) is 5.92 Å². The molecule has 1 aliphatic rings. The summed E-state index contributed by atoms with van der Waals surface area (Å²) < 4.78 is 5.63. The van der Waals surface area contributed by atoms with Crippen molar-refractivity contribution in [2.45, 2.75) is 12.8 Å². The van der Waals surface area contributed by atoms with Crippen molar-refractivity contribution in [1.82, 2.24) is 0 Å². The van der Waals surface area contributed by atoms with Crippen LogP contribution in [0, 0.1) is 0 Å². The van der Waals surface area contributed by atoms with Gasteiger partial charge in [0, 0.05) is 12.5 Å². The molecule has 0 unspecified atom stereocenters. The molecule has 0 atom stereocenters. The number of rotatable bonds is 3. The molecule has 1 aliphatic carbocycles. The Morgan fingerprint density at radius 2 is 1.41 bits per heavy atom. The normalized spacial score (nSPS) is 13.5. The van der Waals surface area contributed by atoms with Crippen LogP contribution in [0.2, 0.25) is 0 Å². The molecule has 86 valence electrons. The van der Waals surface area contributed by atoms with Gasteiger partial charge in [-0.25, -0.2) is 0 Å². The van der Waals surface area contributed by atoms with Crippen molar-refractivity contribution in [2.24, 2.45) is 0 Å². The van der Waals surface area contributed by atoms with Crippen LogP contribution in [0.25, 0.3) is 11.1 Å². The number of hydrogen-bond donors (Lipinski definition) is 0. The van der Waals surface area contributed by atoms with Crippen LogP contribution in [0.5, 0.6) is 0 Å². The highest BCUT2D eigenvalue weighted by Gasteiger charge is 2.27. The van der Waals surface area contributed by atoms with E-state index >= 15 is 0 Å². The van der Waals surface area contributed by atoms with E-state index in [4.69, 9.17) is 4.74 Å². The first-order valence-electron chi connectivity index (χ1n) is 6.17. The molecule has 0 spiro atoms. The first-order valence-corrected chi connectivity index (χ1v) is 6.17. The second kappa shape index (κ2) is 4.34. The molecule has 0 radical (unpaired) electrons. The number of benzene rings is 2. The van der Waals surface area contributed by atoms with Gasteiger partial charge in [0.1, 0.15) is 0 Å². The van der Waals surface area contributed by atoms with Crippen molar-refractivity contribution in [3.63, 3.8) is 0 Å². The Kier molecular flexibility index (Phi) is 2.69. The van der Waals surface area contributed by atoms with E-state index in [-0.39, 0.29) is 0 Å². The third kappa shape index (κ3) is 1.67. The molecule has 1 nitrogen and oxygen atoms in total. The van der Waals surface area contributed by atoms with Gasteiger partial charge < -0.3 is 4.74 Å². The molecule has 0 aliphatic heterocycles. The molecule has 0 heterocycles. The summed E-state index contributed by atoms with van der Waals surface area (Å²) in [5.41, 5.74) is 5.55. The quantitative estimate of drug-likeness (QED) is 0.769. The summed E-state index contributed by atoms with van der Waals surface area (Å²) in [6.45, 7) is 3.61. The van der Waals surface area contributed by atoms with E-state index in [1.165, 1.54) is 22.3 Å². The fourth-order valence-corrected chi connectivity index (χ4v) is 2.68. The monoisotopic (exact) mass is 224 g/mol. The maximum absolute atomic E-state index is 5.63. The third-order valence-electron chi connectivity index (χ3n) is 3.45. The molecule has 0 bridgehead atoms. The largest absolute Gasteiger partial charge is 0.381 e. The van der Waals surface area contributed by atoms with Crippen molar-refractivity contribution < 1.29 is 4.74 Å². The average Bonchev–Trinajstić information content (AvgIpc) is 2.71. The molecule has 0 N–H and O–H groups in total. The van der Waals surface area contributed by atoms with Gasteiger partial charge in [0.25, 0.3) is 0 Å². The molecule has 2 aromatic rings. The molecule has 17 heavy (non-hydrogen) atoms. The standard InChI is InChI=1S/C16H16O/c1-2-17-11-16-14-9-5-3-7-12(14)13-8-4-6-10-15(13)16/h3-10,16H,2,11H2,1H3. The topological polar surface area (TPSA) is 9.23 Å². The van der Waals surface area contributed by atoms with Crippen molar-refractivity contribution in [3.8, 4) is 11.1 Å². The lowest BCUT2D eigenvalue weighted by Gasteiger charge is -2.12. The second-order valence-corrected chi connectivity index (χ2v) is 4.39. The average molecular weight is 224 g/mol. The minimum atomic E-state index is 0.405. The van der Waals surface area contributed by atoms with Gasteiger partial charge in [-0.2, -0.15) is 0 Å². The maximum Gasteiger partial charge on any atom is 0.0575 e. The number of hydrogen-bond acceptors (Lipinski definition) is 1. The Morgan fingerprint density at radius 1 is 0.882 bits per heavy atom. The Hall–Kier alpha value is -1.60. The Balaban J connectivity index is 2.10. The molecule has 0 saturated heterocycles. The molecule has 0 aromatic heterocycles. The van der Waals surface area contributed by atoms with E-state index in [2.05, 4.69) is 48.5 Å². The number of fused-ring (bicyclic) bond motifs is 3. The summed E-state index contributed by atoms with van der Waals surface area (Å²) >= 11 is 0. The summed E-state index contributed by atoms with van der Waals surface area (Å²) in [6.07, 6.45) is 0. The van der Waals surface area contributed by atoms with E-state index in [0.717, 1.165) is 13.2 Å². The van der Waals surface area contributed by atoms with Gasteiger partial charge in [-0.1, -0.05) is 48.5 Å². The first-order chi connectivity index (χ1) is 8.42. The lowest BCUT2D eigenvalue weighted by molar-refractivity contribution is 0.141. The summed E-state index contributed by atoms with van der Waals surface area (Å²) in [5.74, 6) is 0.405. The van der Waals surface area contributed by atoms with Gasteiger partial charge in [-0.05, 0) is 29.2 Å². The predicted molar refractivity (Wildman–Crippen MR) is 70.2 cm³/mol. The van der Waals surface area contributed by atoms with Gasteiger partial charge in [0.2, 0.25) is 0 Å². The lowest BCUT2D eigenvalue weighted by atomic mass is 9.98. The van der Waals surface area contributed by atoms with Crippen LogP contribution in [0.3, 0.4) is 0 Å². The van der Waals surface area contributed by atoms with Crippen molar-refractivity contribution in [2.75, 3.05) is 13.2 Å². The molecule has 1 heteroatoms. The highest BCUT2D eigenvalue weighted by Crippen LogP contribution is 2.44. The second-order valence-electron chi connectivity index (χ2n) is 4.39. The zero-order chi connectivity index (χ0) is 11.7. The summed E-state index contributed by atoms with van der Waals surface area (Å²) in [6, 6.07) is 17.3. The highest BCUT2D eigenvalue weighted by atomic mass is 16.5. The molecule has 3 rings (SSSR count). The Morgan fingerprint density at radius 3 is 1.94 bits per heavy atom. The SMILES string of the molecule is CCOCC1c2ccccc2-c2ccccc21. The summed E-state index contributed by atoms with van der Waals surface area (Å²) in [5, 5.41) is 0. The van der Waals surface area contributed by atoms with Gasteiger partial charge in [0.05, 0.1) is 6.61 Å². The molecule has 0 amide bonds. The van der Waals surface area contributed by atoms with Gasteiger partial charge in [-0.3, -0.25) is 0 Å². The van der Waals surface area contributed by atoms with Gasteiger partial charge in [0.15, 0.2) is 0 Å². The van der Waals surface area contributed by atoms with Crippen LogP contribution in [0.4, 0.5) is 0 Å². The predicted octanol–water partition coefficient (Wildman–Crippen LogP) is 3.84. The molecule has 0 fully saturated rings. The molecular weight excluding hydrogens is 208 g/mol. The third-order valence-corrected chi connectivity index (χ3v) is 3.45. The fourth-order valence-electron chi connectivity index (χ4n) is 2.68. The Labute approximate surface area is 102 Å². The van der Waals surface area contributed by atoms with Gasteiger partial charge >= 0.3 is 0 Å². The lowest BCUT2D eigenvalue weighted by Crippen LogP contribution is -2.06. The maximum atomic E-state index is 5.63. The van der Waals surface area contributed by atoms with E-state index in [9.17, 15) is 0 Å². The van der Waals surface area contributed by atoms with E-state index in [1.54, 1.807) is 0 Å². The number of ether oxygens (including phenoxy) is 1. The molecule has 0 saturated carbocycles. The minimum Gasteiger partial charge on any atom is -0.381 e. The smallest absolute Gasteiger partial charge is 0.0575 e. The zero-order valence-corrected chi connectivity index (χ0v) is 10.0.